The van der Waals surface area contributed by atoms with E-state index in [0.29, 0.717) is 24.0 Å². The van der Waals surface area contributed by atoms with Gasteiger partial charge in [0.1, 0.15) is 5.75 Å². The van der Waals surface area contributed by atoms with Gasteiger partial charge in [-0.2, -0.15) is 4.98 Å². The highest BCUT2D eigenvalue weighted by molar-refractivity contribution is 5.42. The molecule has 0 aliphatic rings. The van der Waals surface area contributed by atoms with Crippen molar-refractivity contribution in [1.29, 1.82) is 0 Å². The molecule has 21 heavy (non-hydrogen) atoms. The van der Waals surface area contributed by atoms with Gasteiger partial charge in [0.05, 0.1) is 6.04 Å². The normalized spacial score (nSPS) is 12.5. The SMILES string of the molecule is Cn1ccnc1-c1noc([C@@H](N)Cc2ccc(O)cc2)n1. The fraction of sp³-hybridized carbons (Fsp3) is 0.214. The van der Waals surface area contributed by atoms with Gasteiger partial charge in [-0.05, 0) is 24.1 Å². The summed E-state index contributed by atoms with van der Waals surface area (Å²) in [5.74, 6) is 1.63. The third-order valence-electron chi connectivity index (χ3n) is 3.17. The first-order valence-corrected chi connectivity index (χ1v) is 6.48. The van der Waals surface area contributed by atoms with E-state index >= 15 is 0 Å². The Labute approximate surface area is 121 Å². The summed E-state index contributed by atoms with van der Waals surface area (Å²) in [6.07, 6.45) is 4.02. The van der Waals surface area contributed by atoms with Crippen LogP contribution in [0.3, 0.4) is 0 Å². The van der Waals surface area contributed by atoms with Gasteiger partial charge in [0.2, 0.25) is 11.7 Å². The maximum atomic E-state index is 9.26. The van der Waals surface area contributed by atoms with E-state index < -0.39 is 6.04 Å². The molecule has 0 fully saturated rings. The summed E-state index contributed by atoms with van der Waals surface area (Å²) in [5.41, 5.74) is 7.07. The summed E-state index contributed by atoms with van der Waals surface area (Å²) in [7, 11) is 1.86. The molecule has 0 saturated carbocycles. The van der Waals surface area contributed by atoms with E-state index in [1.165, 1.54) is 0 Å². The summed E-state index contributed by atoms with van der Waals surface area (Å²) >= 11 is 0. The van der Waals surface area contributed by atoms with Crippen LogP contribution in [0.2, 0.25) is 0 Å². The fourth-order valence-corrected chi connectivity index (χ4v) is 2.03. The Kier molecular flexibility index (Phi) is 3.41. The van der Waals surface area contributed by atoms with Crippen molar-refractivity contribution in [2.45, 2.75) is 12.5 Å². The Hall–Kier alpha value is -2.67. The van der Waals surface area contributed by atoms with Crippen LogP contribution in [0.5, 0.6) is 5.75 Å². The van der Waals surface area contributed by atoms with Gasteiger partial charge in [0.25, 0.3) is 0 Å². The molecule has 0 amide bonds. The van der Waals surface area contributed by atoms with Crippen molar-refractivity contribution in [1.82, 2.24) is 19.7 Å². The molecule has 7 heteroatoms. The van der Waals surface area contributed by atoms with Gasteiger partial charge in [-0.3, -0.25) is 0 Å². The Morgan fingerprint density at radius 3 is 2.76 bits per heavy atom. The van der Waals surface area contributed by atoms with Crippen molar-refractivity contribution < 1.29 is 9.63 Å². The molecule has 1 aromatic carbocycles. The van der Waals surface area contributed by atoms with Gasteiger partial charge in [-0.15, -0.1) is 0 Å². The molecule has 1 atom stereocenters. The maximum Gasteiger partial charge on any atom is 0.244 e. The van der Waals surface area contributed by atoms with Crippen LogP contribution in [0.4, 0.5) is 0 Å². The van der Waals surface area contributed by atoms with Crippen molar-refractivity contribution in [3.8, 4) is 17.4 Å². The maximum absolute atomic E-state index is 9.26. The lowest BCUT2D eigenvalue weighted by molar-refractivity contribution is 0.354. The van der Waals surface area contributed by atoms with E-state index in [-0.39, 0.29) is 5.75 Å². The van der Waals surface area contributed by atoms with E-state index in [2.05, 4.69) is 15.1 Å². The molecule has 3 rings (SSSR count). The number of aryl methyl sites for hydroxylation is 1. The molecule has 2 heterocycles. The van der Waals surface area contributed by atoms with Crippen LogP contribution in [-0.4, -0.2) is 24.8 Å². The number of aromatic hydroxyl groups is 1. The summed E-state index contributed by atoms with van der Waals surface area (Å²) in [5, 5.41) is 13.2. The molecule has 0 aliphatic heterocycles. The standard InChI is InChI=1S/C14H15N5O2/c1-19-7-6-16-13(19)12-17-14(21-18-12)11(15)8-9-2-4-10(20)5-3-9/h2-7,11,20H,8,15H2,1H3/t11-/m0/s1. The van der Waals surface area contributed by atoms with E-state index in [1.807, 2.05) is 25.4 Å². The van der Waals surface area contributed by atoms with E-state index in [1.54, 1.807) is 22.9 Å². The van der Waals surface area contributed by atoms with Crippen molar-refractivity contribution in [2.75, 3.05) is 0 Å². The fourth-order valence-electron chi connectivity index (χ4n) is 2.03. The first-order valence-electron chi connectivity index (χ1n) is 6.48. The molecule has 0 saturated heterocycles. The number of phenolic OH excluding ortho intramolecular Hbond substituents is 1. The van der Waals surface area contributed by atoms with Gasteiger partial charge in [0.15, 0.2) is 5.82 Å². The van der Waals surface area contributed by atoms with Crippen molar-refractivity contribution >= 4 is 0 Å². The zero-order valence-electron chi connectivity index (χ0n) is 11.5. The van der Waals surface area contributed by atoms with Crippen molar-refractivity contribution in [3.05, 3.63) is 48.1 Å². The third-order valence-corrected chi connectivity index (χ3v) is 3.17. The molecule has 7 nitrogen and oxygen atoms in total. The van der Waals surface area contributed by atoms with Crippen molar-refractivity contribution in [3.63, 3.8) is 0 Å². The molecule has 0 radical (unpaired) electrons. The smallest absolute Gasteiger partial charge is 0.244 e. The first kappa shape index (κ1) is 13.3. The monoisotopic (exact) mass is 285 g/mol. The van der Waals surface area contributed by atoms with Crippen molar-refractivity contribution in [2.24, 2.45) is 12.8 Å². The molecule has 0 unspecified atom stereocenters. The van der Waals surface area contributed by atoms with Crippen LogP contribution < -0.4 is 5.73 Å². The molecule has 0 bridgehead atoms. The number of hydrogen-bond acceptors (Lipinski definition) is 6. The zero-order chi connectivity index (χ0) is 14.8. The molecule has 3 N–H and O–H groups in total. The molecule has 3 aromatic rings. The second kappa shape index (κ2) is 5.37. The minimum absolute atomic E-state index is 0.224. The summed E-state index contributed by atoms with van der Waals surface area (Å²) in [4.78, 5) is 8.45. The molecule has 2 aromatic heterocycles. The van der Waals surface area contributed by atoms with Crippen LogP contribution >= 0.6 is 0 Å². The quantitative estimate of drug-likeness (QED) is 0.751. The Balaban J connectivity index is 1.76. The van der Waals surface area contributed by atoms with Crippen LogP contribution in [-0.2, 0) is 13.5 Å². The highest BCUT2D eigenvalue weighted by Gasteiger charge is 2.18. The minimum atomic E-state index is -0.406. The van der Waals surface area contributed by atoms with Gasteiger partial charge in [-0.25, -0.2) is 4.98 Å². The largest absolute Gasteiger partial charge is 0.508 e. The van der Waals surface area contributed by atoms with E-state index in [9.17, 15) is 5.11 Å². The average molecular weight is 285 g/mol. The van der Waals surface area contributed by atoms with Crippen LogP contribution in [0.1, 0.15) is 17.5 Å². The third kappa shape index (κ3) is 2.77. The number of hydrogen-bond donors (Lipinski definition) is 2. The Morgan fingerprint density at radius 2 is 2.10 bits per heavy atom. The second-order valence-electron chi connectivity index (χ2n) is 4.80. The van der Waals surface area contributed by atoms with E-state index in [0.717, 1.165) is 5.56 Å². The predicted molar refractivity (Wildman–Crippen MR) is 75.2 cm³/mol. The number of aromatic nitrogens is 4. The predicted octanol–water partition coefficient (Wildman–Crippen LogP) is 1.42. The molecular weight excluding hydrogens is 270 g/mol. The number of phenols is 1. The first-order chi connectivity index (χ1) is 10.1. The Morgan fingerprint density at radius 1 is 1.33 bits per heavy atom. The lowest BCUT2D eigenvalue weighted by atomic mass is 10.1. The summed E-state index contributed by atoms with van der Waals surface area (Å²) in [6.45, 7) is 0. The zero-order valence-corrected chi connectivity index (χ0v) is 11.5. The number of nitrogens with zero attached hydrogens (tertiary/aromatic N) is 4. The topological polar surface area (TPSA) is 103 Å². The van der Waals surface area contributed by atoms with Crippen LogP contribution in [0.25, 0.3) is 11.6 Å². The lowest BCUT2D eigenvalue weighted by Gasteiger charge is -2.06. The number of imidazole rings is 1. The lowest BCUT2D eigenvalue weighted by Crippen LogP contribution is -2.13. The number of rotatable bonds is 4. The van der Waals surface area contributed by atoms with Crippen LogP contribution in [0.15, 0.2) is 41.2 Å². The highest BCUT2D eigenvalue weighted by atomic mass is 16.5. The van der Waals surface area contributed by atoms with E-state index in [4.69, 9.17) is 10.3 Å². The van der Waals surface area contributed by atoms with Gasteiger partial charge < -0.3 is 19.9 Å². The number of benzene rings is 1. The molecule has 108 valence electrons. The minimum Gasteiger partial charge on any atom is -0.508 e. The van der Waals surface area contributed by atoms with Gasteiger partial charge >= 0.3 is 0 Å². The number of nitrogens with two attached hydrogens (primary N) is 1. The second-order valence-corrected chi connectivity index (χ2v) is 4.80. The Bertz CT molecular complexity index is 732. The highest BCUT2D eigenvalue weighted by Crippen LogP contribution is 2.19. The summed E-state index contributed by atoms with van der Waals surface area (Å²) < 4.78 is 7.02. The molecule has 0 spiro atoms. The van der Waals surface area contributed by atoms with Gasteiger partial charge in [-0.1, -0.05) is 17.3 Å². The van der Waals surface area contributed by atoms with Crippen LogP contribution in [0, 0.1) is 0 Å². The average Bonchev–Trinajstić information content (AvgIpc) is 3.09. The summed E-state index contributed by atoms with van der Waals surface area (Å²) in [6, 6.07) is 6.46. The molecule has 0 aliphatic carbocycles. The molecular formula is C14H15N5O2. The van der Waals surface area contributed by atoms with Gasteiger partial charge in [0, 0.05) is 19.4 Å².